The van der Waals surface area contributed by atoms with Crippen LogP contribution in [0.25, 0.3) is 0 Å². The van der Waals surface area contributed by atoms with Crippen molar-refractivity contribution in [3.63, 3.8) is 0 Å². The summed E-state index contributed by atoms with van der Waals surface area (Å²) in [6.07, 6.45) is -0.751. The zero-order chi connectivity index (χ0) is 22.5. The van der Waals surface area contributed by atoms with Crippen molar-refractivity contribution in [1.29, 1.82) is 0 Å². The first kappa shape index (κ1) is 23.1. The maximum Gasteiger partial charge on any atom is 0.217 e. The van der Waals surface area contributed by atoms with E-state index in [4.69, 9.17) is 9.47 Å². The summed E-state index contributed by atoms with van der Waals surface area (Å²) in [7, 11) is 0. The van der Waals surface area contributed by atoms with Gasteiger partial charge < -0.3 is 19.9 Å². The SMILES string of the molecule is CC(=O)N[C@@H](C)COc1ccc(CN2C[C@H](Oc3cc(C)c(C)c(C)c3)[C@@H](O)C2)cc1. The molecule has 0 spiro atoms. The second-order valence-electron chi connectivity index (χ2n) is 8.66. The Labute approximate surface area is 185 Å². The van der Waals surface area contributed by atoms with Gasteiger partial charge >= 0.3 is 0 Å². The zero-order valence-corrected chi connectivity index (χ0v) is 19.1. The molecule has 0 aliphatic carbocycles. The number of benzene rings is 2. The quantitative estimate of drug-likeness (QED) is 0.679. The predicted molar refractivity (Wildman–Crippen MR) is 122 cm³/mol. The third-order valence-corrected chi connectivity index (χ3v) is 5.78. The molecule has 0 unspecified atom stereocenters. The highest BCUT2D eigenvalue weighted by atomic mass is 16.5. The van der Waals surface area contributed by atoms with Crippen molar-refractivity contribution < 1.29 is 19.4 Å². The van der Waals surface area contributed by atoms with Crippen molar-refractivity contribution in [1.82, 2.24) is 10.2 Å². The van der Waals surface area contributed by atoms with Crippen LogP contribution in [0.1, 0.15) is 36.1 Å². The smallest absolute Gasteiger partial charge is 0.217 e. The lowest BCUT2D eigenvalue weighted by atomic mass is 10.0. The summed E-state index contributed by atoms with van der Waals surface area (Å²) in [6.45, 7) is 12.1. The zero-order valence-electron chi connectivity index (χ0n) is 19.1. The van der Waals surface area contributed by atoms with Crippen molar-refractivity contribution in [3.05, 3.63) is 58.7 Å². The Hall–Kier alpha value is -2.57. The lowest BCUT2D eigenvalue weighted by molar-refractivity contribution is -0.119. The van der Waals surface area contributed by atoms with Gasteiger partial charge in [0.15, 0.2) is 0 Å². The number of rotatable bonds is 8. The number of nitrogens with one attached hydrogen (secondary N) is 1. The highest BCUT2D eigenvalue weighted by molar-refractivity contribution is 5.73. The van der Waals surface area contributed by atoms with E-state index in [1.54, 1.807) is 0 Å². The number of likely N-dealkylation sites (tertiary alicyclic amines) is 1. The molecule has 1 fully saturated rings. The first-order chi connectivity index (χ1) is 14.7. The van der Waals surface area contributed by atoms with Crippen LogP contribution >= 0.6 is 0 Å². The van der Waals surface area contributed by atoms with Crippen LogP contribution in [0.2, 0.25) is 0 Å². The van der Waals surface area contributed by atoms with Gasteiger partial charge in [-0.05, 0) is 74.2 Å². The normalized spacial score (nSPS) is 19.8. The molecule has 0 bridgehead atoms. The van der Waals surface area contributed by atoms with Gasteiger partial charge in [-0.2, -0.15) is 0 Å². The molecule has 3 atom stereocenters. The molecule has 1 amide bonds. The third kappa shape index (κ3) is 6.45. The molecule has 2 aromatic rings. The van der Waals surface area contributed by atoms with Gasteiger partial charge in [0.25, 0.3) is 0 Å². The van der Waals surface area contributed by atoms with Crippen molar-refractivity contribution >= 4 is 5.91 Å². The van der Waals surface area contributed by atoms with Gasteiger partial charge in [0.2, 0.25) is 5.91 Å². The van der Waals surface area contributed by atoms with E-state index in [9.17, 15) is 9.90 Å². The first-order valence-corrected chi connectivity index (χ1v) is 10.8. The number of nitrogens with zero attached hydrogens (tertiary/aromatic N) is 1. The molecule has 0 aromatic heterocycles. The van der Waals surface area contributed by atoms with Gasteiger partial charge in [-0.25, -0.2) is 0 Å². The van der Waals surface area contributed by atoms with Crippen LogP contribution in [0.4, 0.5) is 0 Å². The van der Waals surface area contributed by atoms with Crippen LogP contribution in [-0.2, 0) is 11.3 Å². The van der Waals surface area contributed by atoms with Gasteiger partial charge in [0.05, 0.1) is 6.04 Å². The Kier molecular flexibility index (Phi) is 7.57. The maximum absolute atomic E-state index is 11.1. The number of β-amino-alcohol motifs (C(OH)–C–C–N with tert-alkyl or cyclic N) is 1. The van der Waals surface area contributed by atoms with E-state index in [0.717, 1.165) is 23.6 Å². The van der Waals surface area contributed by atoms with Crippen molar-refractivity contribution in [2.45, 2.75) is 59.4 Å². The molecule has 2 aromatic carbocycles. The van der Waals surface area contributed by atoms with E-state index in [1.165, 1.54) is 23.6 Å². The molecule has 6 nitrogen and oxygen atoms in total. The fourth-order valence-corrected chi connectivity index (χ4v) is 3.88. The van der Waals surface area contributed by atoms with Gasteiger partial charge in [-0.15, -0.1) is 0 Å². The molecular weight excluding hydrogens is 392 g/mol. The second-order valence-corrected chi connectivity index (χ2v) is 8.66. The van der Waals surface area contributed by atoms with Crippen molar-refractivity contribution in [3.8, 4) is 11.5 Å². The van der Waals surface area contributed by atoms with E-state index >= 15 is 0 Å². The number of aryl methyl sites for hydroxylation is 2. The Morgan fingerprint density at radius 2 is 1.77 bits per heavy atom. The molecule has 2 N–H and O–H groups in total. The van der Waals surface area contributed by atoms with Gasteiger partial charge in [-0.1, -0.05) is 12.1 Å². The predicted octanol–water partition coefficient (Wildman–Crippen LogP) is 3.14. The molecular formula is C25H34N2O4. The highest BCUT2D eigenvalue weighted by Gasteiger charge is 2.33. The largest absolute Gasteiger partial charge is 0.491 e. The number of carbonyl (C=O) groups excluding carboxylic acids is 1. The molecule has 6 heteroatoms. The fraction of sp³-hybridized carbons (Fsp3) is 0.480. The Morgan fingerprint density at radius 3 is 2.39 bits per heavy atom. The third-order valence-electron chi connectivity index (χ3n) is 5.78. The van der Waals surface area contributed by atoms with Gasteiger partial charge in [0, 0.05) is 26.6 Å². The fourth-order valence-electron chi connectivity index (χ4n) is 3.88. The summed E-state index contributed by atoms with van der Waals surface area (Å²) in [5, 5.41) is 13.3. The summed E-state index contributed by atoms with van der Waals surface area (Å²) in [5.41, 5.74) is 4.83. The summed E-state index contributed by atoms with van der Waals surface area (Å²) >= 11 is 0. The van der Waals surface area contributed by atoms with E-state index in [1.807, 2.05) is 43.3 Å². The average molecular weight is 427 g/mol. The number of carbonyl (C=O) groups is 1. The van der Waals surface area contributed by atoms with Crippen molar-refractivity contribution in [2.24, 2.45) is 0 Å². The summed E-state index contributed by atoms with van der Waals surface area (Å²) in [6, 6.07) is 12.0. The van der Waals surface area contributed by atoms with Gasteiger partial charge in [-0.3, -0.25) is 9.69 Å². The topological polar surface area (TPSA) is 71.0 Å². The number of hydrogen-bond acceptors (Lipinski definition) is 5. The van der Waals surface area contributed by atoms with E-state index in [2.05, 4.69) is 31.0 Å². The van der Waals surface area contributed by atoms with Crippen LogP contribution < -0.4 is 14.8 Å². The minimum atomic E-state index is -0.514. The number of aliphatic hydroxyl groups excluding tert-OH is 1. The number of aliphatic hydroxyl groups is 1. The lowest BCUT2D eigenvalue weighted by Gasteiger charge is -2.19. The molecule has 1 aliphatic rings. The van der Waals surface area contributed by atoms with E-state index in [0.29, 0.717) is 19.7 Å². The Balaban J connectivity index is 1.51. The molecule has 0 saturated carbocycles. The standard InChI is InChI=1S/C25H34N2O4/c1-16-10-23(11-17(2)19(16)4)31-25-14-27(13-24(25)29)12-21-6-8-22(9-7-21)30-15-18(3)26-20(5)28/h6-11,18,24-25,29H,12-15H2,1-5H3,(H,26,28)/t18-,24-,25-/m0/s1. The van der Waals surface area contributed by atoms with Crippen LogP contribution in [-0.4, -0.2) is 53.9 Å². The molecule has 31 heavy (non-hydrogen) atoms. The number of ether oxygens (including phenoxy) is 2. The first-order valence-electron chi connectivity index (χ1n) is 10.8. The minimum absolute atomic E-state index is 0.0405. The van der Waals surface area contributed by atoms with Crippen LogP contribution in [0, 0.1) is 20.8 Å². The average Bonchev–Trinajstić information content (AvgIpc) is 3.03. The van der Waals surface area contributed by atoms with E-state index < -0.39 is 6.10 Å². The molecule has 0 radical (unpaired) electrons. The summed E-state index contributed by atoms with van der Waals surface area (Å²) < 4.78 is 11.9. The molecule has 1 aliphatic heterocycles. The maximum atomic E-state index is 11.1. The Bertz CT molecular complexity index is 874. The summed E-state index contributed by atoms with van der Waals surface area (Å²) in [5.74, 6) is 1.53. The Morgan fingerprint density at radius 1 is 1.13 bits per heavy atom. The number of hydrogen-bond donors (Lipinski definition) is 2. The molecule has 1 heterocycles. The van der Waals surface area contributed by atoms with E-state index in [-0.39, 0.29) is 18.1 Å². The molecule has 3 rings (SSSR count). The second kappa shape index (κ2) is 10.2. The van der Waals surface area contributed by atoms with Gasteiger partial charge in [0.1, 0.15) is 30.3 Å². The van der Waals surface area contributed by atoms with Crippen molar-refractivity contribution in [2.75, 3.05) is 19.7 Å². The highest BCUT2D eigenvalue weighted by Crippen LogP contribution is 2.25. The number of amides is 1. The van der Waals surface area contributed by atoms with Crippen LogP contribution in [0.5, 0.6) is 11.5 Å². The van der Waals surface area contributed by atoms with Crippen LogP contribution in [0.15, 0.2) is 36.4 Å². The molecule has 168 valence electrons. The molecule has 1 saturated heterocycles. The minimum Gasteiger partial charge on any atom is -0.491 e. The monoisotopic (exact) mass is 426 g/mol. The lowest BCUT2D eigenvalue weighted by Crippen LogP contribution is -2.35. The summed E-state index contributed by atoms with van der Waals surface area (Å²) in [4.78, 5) is 13.3. The van der Waals surface area contributed by atoms with Crippen LogP contribution in [0.3, 0.4) is 0 Å².